The maximum absolute atomic E-state index is 12.9. The minimum absolute atomic E-state index is 0.0695. The first-order chi connectivity index (χ1) is 35.0. The molecule has 0 bridgehead atoms. The van der Waals surface area contributed by atoms with Gasteiger partial charge in [0.2, 0.25) is 0 Å². The molecule has 0 fully saturated rings. The van der Waals surface area contributed by atoms with Gasteiger partial charge in [-0.25, -0.2) is 0 Å². The quantitative estimate of drug-likeness (QED) is 0.0261. The Kier molecular flexibility index (Phi) is 58.2. The second kappa shape index (κ2) is 60.2. The van der Waals surface area contributed by atoms with Gasteiger partial charge in [0.1, 0.15) is 13.2 Å². The number of carbonyl (C=O) groups excluding carboxylic acids is 3. The lowest BCUT2D eigenvalue weighted by molar-refractivity contribution is -0.167. The van der Waals surface area contributed by atoms with Crippen molar-refractivity contribution in [2.45, 2.75) is 348 Å². The minimum Gasteiger partial charge on any atom is -0.462 e. The smallest absolute Gasteiger partial charge is 0.306 e. The standard InChI is InChI=1S/C65H120O6/c1-4-7-10-13-16-19-22-24-26-28-30-32-33-34-36-37-39-41-43-46-49-52-55-58-64(67)70-61-62(60-69-63(66)57-54-51-48-45-21-18-15-12-9-6-3)71-65(68)59-56-53-50-47-44-42-40-38-35-31-29-27-25-23-20-17-14-11-8-5-2/h22,24,28,30,33-34,62H,4-21,23,25-27,29,31-32,35-61H2,1-3H3/b24-22-,30-28-,34-33-. The second-order valence-corrected chi connectivity index (χ2v) is 21.3. The number of allylic oxidation sites excluding steroid dienone is 6. The normalized spacial score (nSPS) is 12.2. The van der Waals surface area contributed by atoms with E-state index in [1.54, 1.807) is 0 Å². The van der Waals surface area contributed by atoms with Crippen molar-refractivity contribution < 1.29 is 28.6 Å². The van der Waals surface area contributed by atoms with Crippen LogP contribution in [0.2, 0.25) is 0 Å². The molecule has 0 amide bonds. The topological polar surface area (TPSA) is 78.9 Å². The van der Waals surface area contributed by atoms with Crippen LogP contribution in [0.1, 0.15) is 342 Å². The summed E-state index contributed by atoms with van der Waals surface area (Å²) >= 11 is 0. The molecule has 0 aliphatic carbocycles. The van der Waals surface area contributed by atoms with Gasteiger partial charge in [0.05, 0.1) is 0 Å². The third-order valence-electron chi connectivity index (χ3n) is 14.1. The molecular weight excluding hydrogens is 877 g/mol. The molecule has 0 heterocycles. The van der Waals surface area contributed by atoms with Gasteiger partial charge in [-0.2, -0.15) is 0 Å². The summed E-state index contributed by atoms with van der Waals surface area (Å²) in [5.41, 5.74) is 0. The summed E-state index contributed by atoms with van der Waals surface area (Å²) in [5.74, 6) is -0.856. The third-order valence-corrected chi connectivity index (χ3v) is 14.1. The summed E-state index contributed by atoms with van der Waals surface area (Å²) in [7, 11) is 0. The van der Waals surface area contributed by atoms with E-state index in [1.165, 1.54) is 225 Å². The summed E-state index contributed by atoms with van der Waals surface area (Å²) < 4.78 is 16.9. The highest BCUT2D eigenvalue weighted by molar-refractivity contribution is 5.71. The predicted octanol–water partition coefficient (Wildman–Crippen LogP) is 21.2. The highest BCUT2D eigenvalue weighted by Crippen LogP contribution is 2.17. The molecule has 71 heavy (non-hydrogen) atoms. The first kappa shape index (κ1) is 68.6. The fraction of sp³-hybridized carbons (Fsp3) is 0.862. The summed E-state index contributed by atoms with van der Waals surface area (Å²) in [5, 5.41) is 0. The van der Waals surface area contributed by atoms with Crippen molar-refractivity contribution in [3.8, 4) is 0 Å². The zero-order valence-corrected chi connectivity index (χ0v) is 47.8. The maximum Gasteiger partial charge on any atom is 0.306 e. The van der Waals surface area contributed by atoms with Crippen LogP contribution in [0.5, 0.6) is 0 Å². The Morgan fingerprint density at radius 3 is 0.789 bits per heavy atom. The van der Waals surface area contributed by atoms with Gasteiger partial charge in [0.25, 0.3) is 0 Å². The van der Waals surface area contributed by atoms with Crippen LogP contribution in [0.15, 0.2) is 36.5 Å². The van der Waals surface area contributed by atoms with Crippen molar-refractivity contribution in [2.24, 2.45) is 0 Å². The van der Waals surface area contributed by atoms with Gasteiger partial charge in [-0.15, -0.1) is 0 Å². The molecule has 0 rings (SSSR count). The molecule has 6 nitrogen and oxygen atoms in total. The Morgan fingerprint density at radius 2 is 0.507 bits per heavy atom. The number of carbonyl (C=O) groups is 3. The number of esters is 3. The zero-order chi connectivity index (χ0) is 51.4. The average Bonchev–Trinajstić information content (AvgIpc) is 3.37. The third kappa shape index (κ3) is 58.4. The van der Waals surface area contributed by atoms with Gasteiger partial charge >= 0.3 is 17.9 Å². The molecule has 1 atom stereocenters. The Labute approximate surface area is 442 Å². The Morgan fingerprint density at radius 1 is 0.282 bits per heavy atom. The van der Waals surface area contributed by atoms with E-state index >= 15 is 0 Å². The van der Waals surface area contributed by atoms with Gasteiger partial charge in [-0.05, 0) is 57.8 Å². The van der Waals surface area contributed by atoms with E-state index in [0.29, 0.717) is 19.3 Å². The van der Waals surface area contributed by atoms with E-state index in [-0.39, 0.29) is 31.1 Å². The average molecular weight is 998 g/mol. The van der Waals surface area contributed by atoms with E-state index in [9.17, 15) is 14.4 Å². The lowest BCUT2D eigenvalue weighted by atomic mass is 10.0. The van der Waals surface area contributed by atoms with Gasteiger partial charge in [-0.3, -0.25) is 14.4 Å². The van der Waals surface area contributed by atoms with Crippen molar-refractivity contribution in [3.63, 3.8) is 0 Å². The van der Waals surface area contributed by atoms with E-state index in [0.717, 1.165) is 77.0 Å². The fourth-order valence-electron chi connectivity index (χ4n) is 9.39. The summed E-state index contributed by atoms with van der Waals surface area (Å²) in [6.07, 6.45) is 72.9. The molecule has 0 aliphatic rings. The molecule has 416 valence electrons. The highest BCUT2D eigenvalue weighted by atomic mass is 16.6. The van der Waals surface area contributed by atoms with Crippen molar-refractivity contribution in [1.29, 1.82) is 0 Å². The van der Waals surface area contributed by atoms with Crippen LogP contribution in [0.4, 0.5) is 0 Å². The zero-order valence-electron chi connectivity index (χ0n) is 47.8. The van der Waals surface area contributed by atoms with Crippen LogP contribution in [0.3, 0.4) is 0 Å². The molecule has 0 aromatic rings. The van der Waals surface area contributed by atoms with Crippen LogP contribution in [0, 0.1) is 0 Å². The maximum atomic E-state index is 12.9. The number of hydrogen-bond donors (Lipinski definition) is 0. The van der Waals surface area contributed by atoms with Crippen LogP contribution < -0.4 is 0 Å². The van der Waals surface area contributed by atoms with Crippen molar-refractivity contribution in [3.05, 3.63) is 36.5 Å². The van der Waals surface area contributed by atoms with Gasteiger partial charge in [-0.1, -0.05) is 301 Å². The number of hydrogen-bond acceptors (Lipinski definition) is 6. The summed E-state index contributed by atoms with van der Waals surface area (Å²) in [4.78, 5) is 38.2. The van der Waals surface area contributed by atoms with Crippen molar-refractivity contribution >= 4 is 17.9 Å². The van der Waals surface area contributed by atoms with E-state index in [4.69, 9.17) is 14.2 Å². The molecule has 0 N–H and O–H groups in total. The highest BCUT2D eigenvalue weighted by Gasteiger charge is 2.19. The SMILES string of the molecule is CCCCCCC/C=C\C/C=C\C/C=C\CCCCCCCCCCC(=O)OCC(COC(=O)CCCCCCCCCCCC)OC(=O)CCCCCCCCCCCCCCCCCCCCCC. The number of unbranched alkanes of at least 4 members (excludes halogenated alkanes) is 41. The molecule has 0 aromatic heterocycles. The second-order valence-electron chi connectivity index (χ2n) is 21.3. The molecule has 0 saturated carbocycles. The lowest BCUT2D eigenvalue weighted by Crippen LogP contribution is -2.30. The number of ether oxygens (including phenoxy) is 3. The van der Waals surface area contributed by atoms with Crippen molar-refractivity contribution in [1.82, 2.24) is 0 Å². The minimum atomic E-state index is -0.771. The number of rotatable bonds is 58. The molecule has 0 radical (unpaired) electrons. The van der Waals surface area contributed by atoms with Crippen LogP contribution in [-0.2, 0) is 28.6 Å². The Hall–Kier alpha value is -2.37. The first-order valence-electron chi connectivity index (χ1n) is 31.5. The fourth-order valence-corrected chi connectivity index (χ4v) is 9.39. The molecule has 0 spiro atoms. The van der Waals surface area contributed by atoms with E-state index in [2.05, 4.69) is 57.2 Å². The molecular formula is C65H120O6. The van der Waals surface area contributed by atoms with E-state index < -0.39 is 6.10 Å². The van der Waals surface area contributed by atoms with Crippen LogP contribution in [0.25, 0.3) is 0 Å². The first-order valence-corrected chi connectivity index (χ1v) is 31.5. The summed E-state index contributed by atoms with van der Waals surface area (Å²) in [6, 6.07) is 0. The Balaban J connectivity index is 4.24. The van der Waals surface area contributed by atoms with Gasteiger partial charge < -0.3 is 14.2 Å². The Bertz CT molecular complexity index is 1190. The van der Waals surface area contributed by atoms with Crippen LogP contribution in [-0.4, -0.2) is 37.2 Å². The molecule has 0 saturated heterocycles. The molecule has 6 heteroatoms. The molecule has 1 unspecified atom stereocenters. The van der Waals surface area contributed by atoms with Crippen molar-refractivity contribution in [2.75, 3.05) is 13.2 Å². The molecule has 0 aliphatic heterocycles. The van der Waals surface area contributed by atoms with Gasteiger partial charge in [0.15, 0.2) is 6.10 Å². The lowest BCUT2D eigenvalue weighted by Gasteiger charge is -2.18. The van der Waals surface area contributed by atoms with Crippen LogP contribution >= 0.6 is 0 Å². The van der Waals surface area contributed by atoms with E-state index in [1.807, 2.05) is 0 Å². The molecule has 0 aromatic carbocycles. The van der Waals surface area contributed by atoms with Gasteiger partial charge in [0, 0.05) is 19.3 Å². The summed E-state index contributed by atoms with van der Waals surface area (Å²) in [6.45, 7) is 6.67. The largest absolute Gasteiger partial charge is 0.462 e. The predicted molar refractivity (Wildman–Crippen MR) is 307 cm³/mol. The monoisotopic (exact) mass is 997 g/mol.